The van der Waals surface area contributed by atoms with Gasteiger partial charge in [0.25, 0.3) is 0 Å². The second kappa shape index (κ2) is 7.29. The number of anilines is 3. The zero-order valence-corrected chi connectivity index (χ0v) is 15.3. The fourth-order valence-corrected chi connectivity index (χ4v) is 2.95. The van der Waals surface area contributed by atoms with Crippen molar-refractivity contribution in [2.24, 2.45) is 0 Å². The molecule has 0 radical (unpaired) electrons. The van der Waals surface area contributed by atoms with Gasteiger partial charge in [0.1, 0.15) is 17.6 Å². The highest BCUT2D eigenvalue weighted by Gasteiger charge is 2.11. The topological polar surface area (TPSA) is 84.0 Å². The molecule has 3 aromatic carbocycles. The average Bonchev–Trinajstić information content (AvgIpc) is 2.72. The van der Waals surface area contributed by atoms with Gasteiger partial charge < -0.3 is 15.8 Å². The number of rotatable bonds is 4. The number of nitrogens with one attached hydrogen (secondary N) is 1. The first kappa shape index (κ1) is 17.4. The third-order valence-electron chi connectivity index (χ3n) is 4.48. The lowest BCUT2D eigenvalue weighted by molar-refractivity contribution is 0.483. The molecule has 0 saturated heterocycles. The maximum absolute atomic E-state index is 9.51. The molecular formula is C23H18N4O. The molecule has 0 aliphatic heterocycles. The Bertz CT molecular complexity index is 1180. The van der Waals surface area contributed by atoms with Crippen molar-refractivity contribution in [2.45, 2.75) is 6.92 Å². The van der Waals surface area contributed by atoms with Gasteiger partial charge in [-0.2, -0.15) is 5.26 Å². The van der Waals surface area contributed by atoms with E-state index < -0.39 is 0 Å². The quantitative estimate of drug-likeness (QED) is 0.464. The molecule has 0 saturated carbocycles. The molecule has 0 bridgehead atoms. The third kappa shape index (κ3) is 3.44. The fraction of sp³-hybridized carbons (Fsp3) is 0.0435. The van der Waals surface area contributed by atoms with Crippen LogP contribution in [0.4, 0.5) is 17.1 Å². The molecule has 4 aromatic rings. The molecule has 0 amide bonds. The van der Waals surface area contributed by atoms with Gasteiger partial charge in [-0.1, -0.05) is 18.2 Å². The molecule has 0 unspecified atom stereocenters. The number of fused-ring (bicyclic) bond motifs is 1. The minimum Gasteiger partial charge on any atom is -0.457 e. The van der Waals surface area contributed by atoms with Crippen molar-refractivity contribution in [3.8, 4) is 17.6 Å². The molecule has 0 fully saturated rings. The molecule has 0 spiro atoms. The second-order valence-corrected chi connectivity index (χ2v) is 6.45. The summed E-state index contributed by atoms with van der Waals surface area (Å²) in [4.78, 5) is 4.38. The number of nitriles is 1. The van der Waals surface area contributed by atoms with E-state index in [9.17, 15) is 5.26 Å². The number of benzene rings is 3. The molecule has 5 heteroatoms. The number of para-hydroxylation sites is 1. The van der Waals surface area contributed by atoms with E-state index in [1.165, 1.54) is 0 Å². The minimum atomic E-state index is 0.459. The minimum absolute atomic E-state index is 0.459. The van der Waals surface area contributed by atoms with Gasteiger partial charge >= 0.3 is 0 Å². The zero-order chi connectivity index (χ0) is 19.5. The predicted molar refractivity (Wildman–Crippen MR) is 112 cm³/mol. The molecule has 3 N–H and O–H groups in total. The Hall–Kier alpha value is -4.04. The van der Waals surface area contributed by atoms with Gasteiger partial charge in [-0.05, 0) is 61.0 Å². The summed E-state index contributed by atoms with van der Waals surface area (Å²) in [6.45, 7) is 1.94. The number of pyridine rings is 1. The number of ether oxygens (including phenoxy) is 1. The number of hydrogen-bond acceptors (Lipinski definition) is 5. The number of nitrogens with two attached hydrogens (primary N) is 1. The van der Waals surface area contributed by atoms with Crippen molar-refractivity contribution in [3.63, 3.8) is 0 Å². The zero-order valence-electron chi connectivity index (χ0n) is 15.3. The predicted octanol–water partition coefficient (Wildman–Crippen LogP) is 5.53. The highest BCUT2D eigenvalue weighted by atomic mass is 16.5. The van der Waals surface area contributed by atoms with E-state index >= 15 is 0 Å². The van der Waals surface area contributed by atoms with E-state index in [0.29, 0.717) is 16.9 Å². The van der Waals surface area contributed by atoms with E-state index in [4.69, 9.17) is 10.5 Å². The van der Waals surface area contributed by atoms with Gasteiger partial charge in [0.2, 0.25) is 0 Å². The molecule has 1 heterocycles. The van der Waals surface area contributed by atoms with Crippen LogP contribution in [0, 0.1) is 18.3 Å². The summed E-state index contributed by atoms with van der Waals surface area (Å²) < 4.78 is 5.82. The summed E-state index contributed by atoms with van der Waals surface area (Å²) in [6, 6.07) is 23.1. The van der Waals surface area contributed by atoms with Crippen LogP contribution in [0.3, 0.4) is 0 Å². The summed E-state index contributed by atoms with van der Waals surface area (Å²) in [5, 5.41) is 13.6. The van der Waals surface area contributed by atoms with Gasteiger partial charge in [-0.25, -0.2) is 0 Å². The van der Waals surface area contributed by atoms with Crippen molar-refractivity contribution >= 4 is 28.0 Å². The highest BCUT2D eigenvalue weighted by Crippen LogP contribution is 2.32. The van der Waals surface area contributed by atoms with Crippen LogP contribution in [0.15, 0.2) is 72.9 Å². The van der Waals surface area contributed by atoms with Crippen molar-refractivity contribution in [1.82, 2.24) is 4.98 Å². The Morgan fingerprint density at radius 1 is 1.00 bits per heavy atom. The first-order chi connectivity index (χ1) is 13.6. The van der Waals surface area contributed by atoms with E-state index in [1.807, 2.05) is 73.7 Å². The maximum Gasteiger partial charge on any atom is 0.127 e. The molecule has 4 rings (SSSR count). The summed E-state index contributed by atoms with van der Waals surface area (Å²) in [6.07, 6.45) is 1.58. The lowest BCUT2D eigenvalue weighted by Crippen LogP contribution is -1.99. The SMILES string of the molecule is Cc1cc2ncc(C#N)c(Nc3ccc(Oc4ccccc4)cc3)c2cc1N. The van der Waals surface area contributed by atoms with Crippen LogP contribution in [-0.4, -0.2) is 4.98 Å². The van der Waals surface area contributed by atoms with Crippen LogP contribution < -0.4 is 15.8 Å². The molecule has 28 heavy (non-hydrogen) atoms. The van der Waals surface area contributed by atoms with Crippen LogP contribution in [0.2, 0.25) is 0 Å². The van der Waals surface area contributed by atoms with E-state index in [-0.39, 0.29) is 0 Å². The van der Waals surface area contributed by atoms with Gasteiger partial charge in [0, 0.05) is 23.0 Å². The lowest BCUT2D eigenvalue weighted by Gasteiger charge is -2.13. The van der Waals surface area contributed by atoms with E-state index in [0.717, 1.165) is 33.7 Å². The monoisotopic (exact) mass is 366 g/mol. The summed E-state index contributed by atoms with van der Waals surface area (Å²) in [7, 11) is 0. The number of nitrogen functional groups attached to an aromatic ring is 1. The van der Waals surface area contributed by atoms with E-state index in [2.05, 4.69) is 16.4 Å². The molecule has 0 atom stereocenters. The Kier molecular flexibility index (Phi) is 4.53. The molecule has 1 aromatic heterocycles. The van der Waals surface area contributed by atoms with Crippen LogP contribution in [0.25, 0.3) is 10.9 Å². The van der Waals surface area contributed by atoms with Crippen molar-refractivity contribution in [2.75, 3.05) is 11.1 Å². The van der Waals surface area contributed by atoms with Crippen molar-refractivity contribution in [3.05, 3.63) is 84.1 Å². The Morgan fingerprint density at radius 2 is 1.71 bits per heavy atom. The maximum atomic E-state index is 9.51. The molecular weight excluding hydrogens is 348 g/mol. The lowest BCUT2D eigenvalue weighted by atomic mass is 10.1. The van der Waals surface area contributed by atoms with Gasteiger partial charge in [0.15, 0.2) is 0 Å². The number of hydrogen-bond donors (Lipinski definition) is 2. The second-order valence-electron chi connectivity index (χ2n) is 6.45. The van der Waals surface area contributed by atoms with E-state index in [1.54, 1.807) is 6.20 Å². The Labute approximate surface area is 163 Å². The molecule has 5 nitrogen and oxygen atoms in total. The molecule has 0 aliphatic carbocycles. The fourth-order valence-electron chi connectivity index (χ4n) is 2.95. The van der Waals surface area contributed by atoms with Gasteiger partial charge in [-0.15, -0.1) is 0 Å². The highest BCUT2D eigenvalue weighted by molar-refractivity contribution is 5.98. The first-order valence-corrected chi connectivity index (χ1v) is 8.83. The largest absolute Gasteiger partial charge is 0.457 e. The van der Waals surface area contributed by atoms with Gasteiger partial charge in [0.05, 0.1) is 16.8 Å². The van der Waals surface area contributed by atoms with Crippen LogP contribution in [0.5, 0.6) is 11.5 Å². The normalized spacial score (nSPS) is 10.4. The first-order valence-electron chi connectivity index (χ1n) is 8.83. The summed E-state index contributed by atoms with van der Waals surface area (Å²) in [5.41, 5.74) is 10.5. The molecule has 0 aliphatic rings. The van der Waals surface area contributed by atoms with Crippen molar-refractivity contribution < 1.29 is 4.74 Å². The number of aryl methyl sites for hydroxylation is 1. The van der Waals surface area contributed by atoms with Gasteiger partial charge in [-0.3, -0.25) is 4.98 Å². The number of nitrogens with zero attached hydrogens (tertiary/aromatic N) is 2. The smallest absolute Gasteiger partial charge is 0.127 e. The molecule has 136 valence electrons. The summed E-state index contributed by atoms with van der Waals surface area (Å²) in [5.74, 6) is 1.51. The number of aromatic nitrogens is 1. The standard InChI is InChI=1S/C23H18N4O/c1-15-11-22-20(12-21(15)25)23(16(13-24)14-26-22)27-17-7-9-19(10-8-17)28-18-5-3-2-4-6-18/h2-12,14H,25H2,1H3,(H,26,27). The third-order valence-corrected chi connectivity index (χ3v) is 4.48. The summed E-state index contributed by atoms with van der Waals surface area (Å²) >= 11 is 0. The Morgan fingerprint density at radius 3 is 2.43 bits per heavy atom. The van der Waals surface area contributed by atoms with Crippen LogP contribution in [-0.2, 0) is 0 Å². The Balaban J connectivity index is 1.66. The average molecular weight is 366 g/mol. The van der Waals surface area contributed by atoms with Crippen LogP contribution in [0.1, 0.15) is 11.1 Å². The van der Waals surface area contributed by atoms with Crippen LogP contribution >= 0.6 is 0 Å². The van der Waals surface area contributed by atoms with Crippen molar-refractivity contribution in [1.29, 1.82) is 5.26 Å².